The zero-order chi connectivity index (χ0) is 19.2. The number of nitrogens with zero attached hydrogens (tertiary/aromatic N) is 2. The van der Waals surface area contributed by atoms with Crippen molar-refractivity contribution in [1.29, 1.82) is 0 Å². The SMILES string of the molecule is COc1cccc(/C=N\NC(=O)CN(c2ccc(F)cc2)S(C)(=O)=O)c1. The highest BCUT2D eigenvalue weighted by Crippen LogP contribution is 2.17. The topological polar surface area (TPSA) is 88.1 Å². The van der Waals surface area contributed by atoms with Gasteiger partial charge in [0.2, 0.25) is 10.0 Å². The number of ether oxygens (including phenoxy) is 1. The molecule has 0 fully saturated rings. The van der Waals surface area contributed by atoms with Gasteiger partial charge in [0, 0.05) is 0 Å². The van der Waals surface area contributed by atoms with Crippen LogP contribution < -0.4 is 14.5 Å². The van der Waals surface area contributed by atoms with E-state index in [-0.39, 0.29) is 5.69 Å². The van der Waals surface area contributed by atoms with Crippen molar-refractivity contribution in [2.75, 3.05) is 24.2 Å². The number of hydrogen-bond donors (Lipinski definition) is 1. The summed E-state index contributed by atoms with van der Waals surface area (Å²) < 4.78 is 42.8. The largest absolute Gasteiger partial charge is 0.497 e. The molecule has 2 aromatic rings. The first-order valence-electron chi connectivity index (χ1n) is 7.49. The standard InChI is InChI=1S/C17H18FN3O4S/c1-25-16-5-3-4-13(10-16)11-19-20-17(22)12-21(26(2,23)24)15-8-6-14(18)7-9-15/h3-11H,12H2,1-2H3,(H,20,22)/b19-11-. The molecule has 0 bridgehead atoms. The van der Waals surface area contributed by atoms with Crippen LogP contribution in [0.2, 0.25) is 0 Å². The number of hydrazone groups is 1. The molecule has 1 N–H and O–H groups in total. The second-order valence-electron chi connectivity index (χ2n) is 5.32. The summed E-state index contributed by atoms with van der Waals surface area (Å²) >= 11 is 0. The maximum absolute atomic E-state index is 13.0. The van der Waals surface area contributed by atoms with Crippen LogP contribution in [0.4, 0.5) is 10.1 Å². The molecule has 0 aliphatic carbocycles. The Morgan fingerprint density at radius 3 is 2.58 bits per heavy atom. The molecule has 0 heterocycles. The highest BCUT2D eigenvalue weighted by atomic mass is 32.2. The van der Waals surface area contributed by atoms with E-state index in [0.717, 1.165) is 22.7 Å². The molecule has 0 atom stereocenters. The number of methoxy groups -OCH3 is 1. The van der Waals surface area contributed by atoms with Crippen LogP contribution in [0.5, 0.6) is 5.75 Å². The van der Waals surface area contributed by atoms with Crippen molar-refractivity contribution in [3.05, 3.63) is 59.9 Å². The van der Waals surface area contributed by atoms with Gasteiger partial charge in [-0.3, -0.25) is 9.10 Å². The monoisotopic (exact) mass is 379 g/mol. The van der Waals surface area contributed by atoms with Gasteiger partial charge in [-0.2, -0.15) is 5.10 Å². The molecule has 0 aliphatic heterocycles. The van der Waals surface area contributed by atoms with E-state index in [2.05, 4.69) is 10.5 Å². The second-order valence-corrected chi connectivity index (χ2v) is 7.22. The molecule has 7 nitrogen and oxygen atoms in total. The maximum Gasteiger partial charge on any atom is 0.260 e. The van der Waals surface area contributed by atoms with E-state index in [1.807, 2.05) is 0 Å². The van der Waals surface area contributed by atoms with E-state index >= 15 is 0 Å². The number of amides is 1. The Morgan fingerprint density at radius 2 is 1.96 bits per heavy atom. The van der Waals surface area contributed by atoms with Gasteiger partial charge >= 0.3 is 0 Å². The summed E-state index contributed by atoms with van der Waals surface area (Å²) in [5, 5.41) is 3.80. The average Bonchev–Trinajstić information content (AvgIpc) is 2.60. The van der Waals surface area contributed by atoms with Crippen LogP contribution in [-0.2, 0) is 14.8 Å². The van der Waals surface area contributed by atoms with Gasteiger partial charge in [-0.25, -0.2) is 18.2 Å². The predicted molar refractivity (Wildman–Crippen MR) is 97.3 cm³/mol. The van der Waals surface area contributed by atoms with E-state index in [1.54, 1.807) is 24.3 Å². The lowest BCUT2D eigenvalue weighted by Crippen LogP contribution is -2.39. The first-order chi connectivity index (χ1) is 12.3. The smallest absolute Gasteiger partial charge is 0.260 e. The van der Waals surface area contributed by atoms with Crippen LogP contribution in [0, 0.1) is 5.82 Å². The van der Waals surface area contributed by atoms with Crippen molar-refractivity contribution in [3.8, 4) is 5.75 Å². The van der Waals surface area contributed by atoms with Crippen LogP contribution in [0.15, 0.2) is 53.6 Å². The molecular weight excluding hydrogens is 361 g/mol. The number of benzene rings is 2. The molecule has 0 spiro atoms. The van der Waals surface area contributed by atoms with Gasteiger partial charge in [0.1, 0.15) is 18.1 Å². The van der Waals surface area contributed by atoms with Crippen molar-refractivity contribution in [1.82, 2.24) is 5.43 Å². The Balaban J connectivity index is 2.05. The third-order valence-corrected chi connectivity index (χ3v) is 4.44. The van der Waals surface area contributed by atoms with Crippen molar-refractivity contribution < 1.29 is 22.3 Å². The van der Waals surface area contributed by atoms with E-state index in [9.17, 15) is 17.6 Å². The normalized spacial score (nSPS) is 11.3. The van der Waals surface area contributed by atoms with Gasteiger partial charge in [0.05, 0.1) is 25.3 Å². The van der Waals surface area contributed by atoms with Gasteiger partial charge in [-0.15, -0.1) is 0 Å². The summed E-state index contributed by atoms with van der Waals surface area (Å²) in [6.45, 7) is -0.486. The first kappa shape index (κ1) is 19.4. The highest BCUT2D eigenvalue weighted by Gasteiger charge is 2.20. The van der Waals surface area contributed by atoms with Gasteiger partial charge in [0.25, 0.3) is 5.91 Å². The number of carbonyl (C=O) groups excluding carboxylic acids is 1. The van der Waals surface area contributed by atoms with Crippen molar-refractivity contribution in [2.24, 2.45) is 5.10 Å². The predicted octanol–water partition coefficient (Wildman–Crippen LogP) is 1.75. The minimum Gasteiger partial charge on any atom is -0.497 e. The highest BCUT2D eigenvalue weighted by molar-refractivity contribution is 7.92. The molecule has 0 radical (unpaired) electrons. The Morgan fingerprint density at radius 1 is 1.27 bits per heavy atom. The molecule has 0 aliphatic rings. The minimum atomic E-state index is -3.73. The van der Waals surface area contributed by atoms with Crippen LogP contribution in [-0.4, -0.2) is 40.4 Å². The lowest BCUT2D eigenvalue weighted by atomic mass is 10.2. The molecule has 0 saturated heterocycles. The van der Waals surface area contributed by atoms with Crippen LogP contribution in [0.1, 0.15) is 5.56 Å². The lowest BCUT2D eigenvalue weighted by Gasteiger charge is -2.21. The van der Waals surface area contributed by atoms with E-state index in [0.29, 0.717) is 11.3 Å². The number of hydrogen-bond acceptors (Lipinski definition) is 5. The number of nitrogens with one attached hydrogen (secondary N) is 1. The zero-order valence-electron chi connectivity index (χ0n) is 14.2. The number of rotatable bonds is 7. The van der Waals surface area contributed by atoms with E-state index in [1.165, 1.54) is 25.5 Å². The fourth-order valence-electron chi connectivity index (χ4n) is 2.07. The number of halogens is 1. The molecular formula is C17H18FN3O4S. The molecule has 1 amide bonds. The Hall–Kier alpha value is -2.94. The fraction of sp³-hybridized carbons (Fsp3) is 0.176. The quantitative estimate of drug-likeness (QED) is 0.586. The molecule has 9 heteroatoms. The molecule has 26 heavy (non-hydrogen) atoms. The van der Waals surface area contributed by atoms with Gasteiger partial charge in [-0.1, -0.05) is 12.1 Å². The lowest BCUT2D eigenvalue weighted by molar-refractivity contribution is -0.119. The van der Waals surface area contributed by atoms with Crippen LogP contribution in [0.25, 0.3) is 0 Å². The van der Waals surface area contributed by atoms with Gasteiger partial charge in [-0.05, 0) is 42.0 Å². The maximum atomic E-state index is 13.0. The summed E-state index contributed by atoms with van der Waals surface area (Å²) in [4.78, 5) is 12.0. The number of sulfonamides is 1. The van der Waals surface area contributed by atoms with E-state index < -0.39 is 28.3 Å². The average molecular weight is 379 g/mol. The second kappa shape index (κ2) is 8.43. The van der Waals surface area contributed by atoms with Crippen molar-refractivity contribution in [3.63, 3.8) is 0 Å². The van der Waals surface area contributed by atoms with Crippen LogP contribution in [0.3, 0.4) is 0 Å². The Kier molecular flexibility index (Phi) is 6.29. The summed E-state index contributed by atoms with van der Waals surface area (Å²) in [5.74, 6) is -0.506. The molecule has 2 aromatic carbocycles. The van der Waals surface area contributed by atoms with Crippen molar-refractivity contribution >= 4 is 27.8 Å². The molecule has 0 aromatic heterocycles. The summed E-state index contributed by atoms with van der Waals surface area (Å²) in [7, 11) is -2.20. The fourth-order valence-corrected chi connectivity index (χ4v) is 2.93. The van der Waals surface area contributed by atoms with Gasteiger partial charge in [0.15, 0.2) is 0 Å². The molecule has 0 unspecified atom stereocenters. The summed E-state index contributed by atoms with van der Waals surface area (Å²) in [5.41, 5.74) is 3.14. The van der Waals surface area contributed by atoms with E-state index in [4.69, 9.17) is 4.74 Å². The van der Waals surface area contributed by atoms with Crippen molar-refractivity contribution in [2.45, 2.75) is 0 Å². The minimum absolute atomic E-state index is 0.181. The third-order valence-electron chi connectivity index (χ3n) is 3.30. The first-order valence-corrected chi connectivity index (χ1v) is 9.33. The Bertz CT molecular complexity index is 898. The zero-order valence-corrected chi connectivity index (χ0v) is 15.0. The number of anilines is 1. The Labute approximate surface area is 151 Å². The third kappa shape index (κ3) is 5.55. The molecule has 2 rings (SSSR count). The van der Waals surface area contributed by atoms with Crippen LogP contribution >= 0.6 is 0 Å². The summed E-state index contributed by atoms with van der Waals surface area (Å²) in [6.07, 6.45) is 2.37. The molecule has 0 saturated carbocycles. The summed E-state index contributed by atoms with van der Waals surface area (Å²) in [6, 6.07) is 11.8. The molecule has 138 valence electrons. The van der Waals surface area contributed by atoms with Gasteiger partial charge < -0.3 is 4.74 Å². The number of carbonyl (C=O) groups is 1.